The van der Waals surface area contributed by atoms with Crippen LogP contribution in [0.25, 0.3) is 0 Å². The van der Waals surface area contributed by atoms with Gasteiger partial charge in [-0.2, -0.15) is 0 Å². The first-order valence-corrected chi connectivity index (χ1v) is 16.2. The third-order valence-corrected chi connectivity index (χ3v) is 15.6. The van der Waals surface area contributed by atoms with Crippen LogP contribution in [0.1, 0.15) is 27.7 Å². The fourth-order valence-corrected chi connectivity index (χ4v) is 15.7. The molecule has 0 radical (unpaired) electrons. The summed E-state index contributed by atoms with van der Waals surface area (Å²) in [7, 11) is -4.37. The van der Waals surface area contributed by atoms with Gasteiger partial charge in [-0.1, -0.05) is 121 Å². The van der Waals surface area contributed by atoms with Gasteiger partial charge in [-0.25, -0.2) is 0 Å². The third kappa shape index (κ3) is 5.61. The normalized spacial score (nSPS) is 12.1. The number of hydrogen-bond donors (Lipinski definition) is 0. The first-order valence-electron chi connectivity index (χ1n) is 12.4. The zero-order valence-electron chi connectivity index (χ0n) is 21.2. The molecule has 4 aromatic rings. The highest BCUT2D eigenvalue weighted by molar-refractivity contribution is 7.96. The standard InChI is InChI=1S/C31H36N2P2/c1-26(2)32-34(28-17-9-5-10-18-28,29-19-11-6-12-20-29)25-35(33-27(3)4,30-21-13-7-14-22-30)31-23-15-8-16-24-31/h5-24,26-27H,25H2,1-4H3. The van der Waals surface area contributed by atoms with Gasteiger partial charge >= 0.3 is 0 Å². The molecule has 0 amide bonds. The van der Waals surface area contributed by atoms with Crippen molar-refractivity contribution < 1.29 is 0 Å². The van der Waals surface area contributed by atoms with Gasteiger partial charge in [0.25, 0.3) is 0 Å². The van der Waals surface area contributed by atoms with Crippen LogP contribution < -0.4 is 21.2 Å². The van der Waals surface area contributed by atoms with Gasteiger partial charge in [-0.3, -0.25) is 9.49 Å². The number of nitrogens with zero attached hydrogens (tertiary/aromatic N) is 2. The quantitative estimate of drug-likeness (QED) is 0.225. The van der Waals surface area contributed by atoms with E-state index in [9.17, 15) is 0 Å². The third-order valence-electron chi connectivity index (χ3n) is 6.00. The lowest BCUT2D eigenvalue weighted by Crippen LogP contribution is -2.27. The van der Waals surface area contributed by atoms with Crippen LogP contribution in [0.4, 0.5) is 0 Å². The Kier molecular flexibility index (Phi) is 8.27. The molecule has 0 aliphatic carbocycles. The molecule has 2 nitrogen and oxygen atoms in total. The number of hydrogen-bond acceptors (Lipinski definition) is 2. The molecular formula is C31H36N2P2. The molecule has 0 spiro atoms. The van der Waals surface area contributed by atoms with Crippen molar-refractivity contribution in [3.8, 4) is 0 Å². The van der Waals surface area contributed by atoms with Crippen LogP contribution in [0.3, 0.4) is 0 Å². The van der Waals surface area contributed by atoms with Crippen molar-refractivity contribution in [2.24, 2.45) is 9.49 Å². The predicted octanol–water partition coefficient (Wildman–Crippen LogP) is 7.47. The Bertz CT molecular complexity index is 1120. The predicted molar refractivity (Wildman–Crippen MR) is 158 cm³/mol. The van der Waals surface area contributed by atoms with Crippen LogP contribution in [-0.4, -0.2) is 18.0 Å². The first-order chi connectivity index (χ1) is 17.0. The average molecular weight is 499 g/mol. The first kappa shape index (κ1) is 25.4. The highest BCUT2D eigenvalue weighted by Crippen LogP contribution is 2.63. The molecule has 0 saturated heterocycles. The van der Waals surface area contributed by atoms with Crippen molar-refractivity contribution in [1.82, 2.24) is 0 Å². The summed E-state index contributed by atoms with van der Waals surface area (Å²) >= 11 is 0. The van der Waals surface area contributed by atoms with E-state index in [-0.39, 0.29) is 12.1 Å². The van der Waals surface area contributed by atoms with Crippen molar-refractivity contribution >= 4 is 35.3 Å². The maximum absolute atomic E-state index is 5.67. The Morgan fingerprint density at radius 1 is 0.429 bits per heavy atom. The molecule has 4 rings (SSSR count). The molecule has 0 unspecified atom stereocenters. The molecule has 4 aromatic carbocycles. The van der Waals surface area contributed by atoms with Crippen molar-refractivity contribution in [3.63, 3.8) is 0 Å². The van der Waals surface area contributed by atoms with Crippen molar-refractivity contribution in [2.45, 2.75) is 39.8 Å². The van der Waals surface area contributed by atoms with Gasteiger partial charge < -0.3 is 0 Å². The van der Waals surface area contributed by atoms with Gasteiger partial charge in [0.1, 0.15) is 0 Å². The van der Waals surface area contributed by atoms with E-state index in [2.05, 4.69) is 149 Å². The van der Waals surface area contributed by atoms with Crippen LogP contribution in [0.5, 0.6) is 0 Å². The Hall–Kier alpha value is -2.66. The molecule has 0 saturated carbocycles. The molecule has 0 aliphatic rings. The van der Waals surface area contributed by atoms with E-state index >= 15 is 0 Å². The zero-order chi connectivity index (χ0) is 24.7. The summed E-state index contributed by atoms with van der Waals surface area (Å²) in [6, 6.07) is 44.4. The summed E-state index contributed by atoms with van der Waals surface area (Å²) in [5, 5.41) is 5.32. The van der Waals surface area contributed by atoms with Gasteiger partial charge in [0.15, 0.2) is 0 Å². The van der Waals surface area contributed by atoms with Crippen LogP contribution in [0, 0.1) is 0 Å². The minimum Gasteiger partial charge on any atom is -0.291 e. The van der Waals surface area contributed by atoms with E-state index in [0.29, 0.717) is 0 Å². The second-order valence-electron chi connectivity index (χ2n) is 9.44. The molecule has 0 heterocycles. The van der Waals surface area contributed by atoms with Gasteiger partial charge in [0.2, 0.25) is 0 Å². The lowest BCUT2D eigenvalue weighted by atomic mass is 10.4. The van der Waals surface area contributed by atoms with Crippen LogP contribution in [0.15, 0.2) is 131 Å². The molecular weight excluding hydrogens is 462 g/mol. The van der Waals surface area contributed by atoms with E-state index in [0.717, 1.165) is 5.90 Å². The molecule has 0 bridgehead atoms. The lowest BCUT2D eigenvalue weighted by molar-refractivity contribution is 0.845. The van der Waals surface area contributed by atoms with E-state index in [1.165, 1.54) is 21.2 Å². The van der Waals surface area contributed by atoms with Gasteiger partial charge in [-0.05, 0) is 48.9 Å². The molecule has 4 heteroatoms. The largest absolute Gasteiger partial charge is 0.291 e. The summed E-state index contributed by atoms with van der Waals surface area (Å²) in [5.74, 6) is 0.915. The van der Waals surface area contributed by atoms with Crippen molar-refractivity contribution in [1.29, 1.82) is 0 Å². The summed E-state index contributed by atoms with van der Waals surface area (Å²) in [5.41, 5.74) is 0. The molecule has 0 aromatic heterocycles. The number of rotatable bonds is 8. The molecule has 0 aliphatic heterocycles. The van der Waals surface area contributed by atoms with Crippen LogP contribution in [0.2, 0.25) is 0 Å². The highest BCUT2D eigenvalue weighted by atomic mass is 31.2. The second-order valence-corrected chi connectivity index (χ2v) is 16.2. The SMILES string of the molecule is CC(C)N=P(CP(=NC(C)C)(c1ccccc1)c1ccccc1)(c1ccccc1)c1ccccc1. The topological polar surface area (TPSA) is 24.7 Å². The van der Waals surface area contributed by atoms with E-state index in [1.807, 2.05) is 0 Å². The Morgan fingerprint density at radius 3 is 0.857 bits per heavy atom. The Labute approximate surface area is 211 Å². The molecule has 35 heavy (non-hydrogen) atoms. The highest BCUT2D eigenvalue weighted by Gasteiger charge is 2.36. The van der Waals surface area contributed by atoms with E-state index in [4.69, 9.17) is 9.49 Å². The van der Waals surface area contributed by atoms with Gasteiger partial charge in [0.05, 0.1) is 0 Å². The van der Waals surface area contributed by atoms with E-state index in [1.54, 1.807) is 0 Å². The molecule has 180 valence electrons. The fraction of sp³-hybridized carbons (Fsp3) is 0.226. The smallest absolute Gasteiger partial charge is 0.0436 e. The minimum absolute atomic E-state index is 0.205. The van der Waals surface area contributed by atoms with Crippen LogP contribution >= 0.6 is 14.1 Å². The lowest BCUT2D eigenvalue weighted by Gasteiger charge is -2.36. The van der Waals surface area contributed by atoms with Crippen molar-refractivity contribution in [3.05, 3.63) is 121 Å². The van der Waals surface area contributed by atoms with Gasteiger partial charge in [0, 0.05) is 32.1 Å². The van der Waals surface area contributed by atoms with Gasteiger partial charge in [-0.15, -0.1) is 0 Å². The fourth-order valence-electron chi connectivity index (χ4n) is 4.75. The monoisotopic (exact) mass is 498 g/mol. The summed E-state index contributed by atoms with van der Waals surface area (Å²) in [6.07, 6.45) is 0. The minimum atomic E-state index is -2.19. The van der Waals surface area contributed by atoms with E-state index < -0.39 is 14.1 Å². The maximum atomic E-state index is 5.67. The zero-order valence-corrected chi connectivity index (χ0v) is 23.0. The Balaban J connectivity index is 2.15. The number of benzene rings is 4. The molecule has 0 N–H and O–H groups in total. The maximum Gasteiger partial charge on any atom is 0.0436 e. The second kappa shape index (κ2) is 11.4. The Morgan fingerprint density at radius 2 is 0.657 bits per heavy atom. The summed E-state index contributed by atoms with van der Waals surface area (Å²) in [6.45, 7) is 8.85. The average Bonchev–Trinajstić information content (AvgIpc) is 2.89. The van der Waals surface area contributed by atoms with Crippen LogP contribution in [-0.2, 0) is 0 Å². The van der Waals surface area contributed by atoms with Crippen molar-refractivity contribution in [2.75, 3.05) is 5.90 Å². The molecule has 0 fully saturated rings. The molecule has 0 atom stereocenters. The summed E-state index contributed by atoms with van der Waals surface area (Å²) in [4.78, 5) is 0. The summed E-state index contributed by atoms with van der Waals surface area (Å²) < 4.78 is 11.3.